The summed E-state index contributed by atoms with van der Waals surface area (Å²) in [6.07, 6.45) is 6.33. The number of hydrogen-bond donors (Lipinski definition) is 1. The smallest absolute Gasteiger partial charge is 0.242 e. The van der Waals surface area contributed by atoms with Crippen LogP contribution in [-0.4, -0.2) is 28.8 Å². The molecule has 1 atom stereocenters. The lowest BCUT2D eigenvalue weighted by molar-refractivity contribution is -0.141. The van der Waals surface area contributed by atoms with Crippen LogP contribution in [0.2, 0.25) is 10.0 Å². The SMILES string of the molecule is CC(C(=O)NC1CCCCC1)N(Cc1cccc(Cl)c1)C(=O)CCc1ccccc1Cl. The second kappa shape index (κ2) is 11.5. The standard InChI is InChI=1S/C25H30Cl2N2O2/c1-18(25(31)28-22-11-3-2-4-12-22)29(17-19-8-7-10-21(26)16-19)24(30)15-14-20-9-5-6-13-23(20)27/h5-10,13,16,18,22H,2-4,11-12,14-15,17H2,1H3,(H,28,31). The van der Waals surface area contributed by atoms with Gasteiger partial charge in [0.05, 0.1) is 0 Å². The molecule has 166 valence electrons. The molecule has 2 amide bonds. The lowest BCUT2D eigenvalue weighted by atomic mass is 9.95. The number of nitrogens with one attached hydrogen (secondary N) is 1. The maximum Gasteiger partial charge on any atom is 0.242 e. The van der Waals surface area contributed by atoms with E-state index in [0.29, 0.717) is 23.0 Å². The molecule has 0 aliphatic heterocycles. The van der Waals surface area contributed by atoms with Gasteiger partial charge in [-0.3, -0.25) is 9.59 Å². The molecule has 1 N–H and O–H groups in total. The summed E-state index contributed by atoms with van der Waals surface area (Å²) < 4.78 is 0. The van der Waals surface area contributed by atoms with Gasteiger partial charge in [-0.25, -0.2) is 0 Å². The van der Waals surface area contributed by atoms with E-state index in [1.807, 2.05) is 42.5 Å². The molecule has 0 saturated heterocycles. The minimum absolute atomic E-state index is 0.0776. The van der Waals surface area contributed by atoms with Crippen LogP contribution in [0.1, 0.15) is 56.6 Å². The number of rotatable bonds is 8. The number of carbonyl (C=O) groups is 2. The first kappa shape index (κ1) is 23.6. The summed E-state index contributed by atoms with van der Waals surface area (Å²) in [4.78, 5) is 27.9. The van der Waals surface area contributed by atoms with Crippen LogP contribution >= 0.6 is 23.2 Å². The third-order valence-corrected chi connectivity index (χ3v) is 6.53. The number of benzene rings is 2. The van der Waals surface area contributed by atoms with Crippen LogP contribution in [0, 0.1) is 0 Å². The molecule has 1 aliphatic rings. The van der Waals surface area contributed by atoms with E-state index in [0.717, 1.165) is 36.8 Å². The van der Waals surface area contributed by atoms with Gasteiger partial charge >= 0.3 is 0 Å². The van der Waals surface area contributed by atoms with E-state index in [4.69, 9.17) is 23.2 Å². The number of halogens is 2. The van der Waals surface area contributed by atoms with Gasteiger partial charge in [-0.15, -0.1) is 0 Å². The van der Waals surface area contributed by atoms with Crippen molar-refractivity contribution in [2.75, 3.05) is 0 Å². The monoisotopic (exact) mass is 460 g/mol. The van der Waals surface area contributed by atoms with E-state index in [2.05, 4.69) is 5.32 Å². The van der Waals surface area contributed by atoms with Crippen molar-refractivity contribution in [2.24, 2.45) is 0 Å². The summed E-state index contributed by atoms with van der Waals surface area (Å²) >= 11 is 12.4. The Morgan fingerprint density at radius 2 is 1.81 bits per heavy atom. The number of hydrogen-bond acceptors (Lipinski definition) is 2. The van der Waals surface area contributed by atoms with Crippen molar-refractivity contribution < 1.29 is 9.59 Å². The van der Waals surface area contributed by atoms with Crippen molar-refractivity contribution in [2.45, 2.75) is 70.5 Å². The maximum atomic E-state index is 13.2. The molecule has 1 aliphatic carbocycles. The van der Waals surface area contributed by atoms with Gasteiger partial charge in [0.2, 0.25) is 11.8 Å². The van der Waals surface area contributed by atoms with Crippen LogP contribution < -0.4 is 5.32 Å². The Hall–Kier alpha value is -2.04. The summed E-state index contributed by atoms with van der Waals surface area (Å²) in [7, 11) is 0. The van der Waals surface area contributed by atoms with Gasteiger partial charge in [0.25, 0.3) is 0 Å². The molecule has 6 heteroatoms. The summed E-state index contributed by atoms with van der Waals surface area (Å²) in [6.45, 7) is 2.14. The molecule has 3 rings (SSSR count). The molecular weight excluding hydrogens is 431 g/mol. The molecule has 4 nitrogen and oxygen atoms in total. The topological polar surface area (TPSA) is 49.4 Å². The predicted octanol–water partition coefficient (Wildman–Crippen LogP) is 5.79. The highest BCUT2D eigenvalue weighted by molar-refractivity contribution is 6.31. The number of aryl methyl sites for hydroxylation is 1. The Kier molecular flexibility index (Phi) is 8.79. The number of amides is 2. The van der Waals surface area contributed by atoms with Crippen molar-refractivity contribution in [3.8, 4) is 0 Å². The van der Waals surface area contributed by atoms with E-state index in [1.165, 1.54) is 6.42 Å². The highest BCUT2D eigenvalue weighted by Gasteiger charge is 2.28. The summed E-state index contributed by atoms with van der Waals surface area (Å²) in [5.74, 6) is -0.175. The van der Waals surface area contributed by atoms with Gasteiger partial charge < -0.3 is 10.2 Å². The third-order valence-electron chi connectivity index (χ3n) is 5.93. The summed E-state index contributed by atoms with van der Waals surface area (Å²) in [5, 5.41) is 4.42. The van der Waals surface area contributed by atoms with Crippen molar-refractivity contribution in [3.05, 3.63) is 69.7 Å². The van der Waals surface area contributed by atoms with Crippen LogP contribution in [0.4, 0.5) is 0 Å². The van der Waals surface area contributed by atoms with Crippen LogP contribution in [0.15, 0.2) is 48.5 Å². The van der Waals surface area contributed by atoms with E-state index >= 15 is 0 Å². The zero-order chi connectivity index (χ0) is 22.2. The van der Waals surface area contributed by atoms with Gasteiger partial charge in [-0.1, -0.05) is 72.8 Å². The van der Waals surface area contributed by atoms with Gasteiger partial charge in [0.15, 0.2) is 0 Å². The Morgan fingerprint density at radius 1 is 1.06 bits per heavy atom. The summed E-state index contributed by atoms with van der Waals surface area (Å²) in [5.41, 5.74) is 1.83. The molecule has 0 heterocycles. The Balaban J connectivity index is 1.71. The molecule has 2 aromatic carbocycles. The van der Waals surface area contributed by atoms with Crippen molar-refractivity contribution >= 4 is 35.0 Å². The van der Waals surface area contributed by atoms with E-state index < -0.39 is 6.04 Å². The molecular formula is C25H30Cl2N2O2. The first-order chi connectivity index (χ1) is 14.9. The average molecular weight is 461 g/mol. The highest BCUT2D eigenvalue weighted by Crippen LogP contribution is 2.21. The highest BCUT2D eigenvalue weighted by atomic mass is 35.5. The van der Waals surface area contributed by atoms with E-state index in [-0.39, 0.29) is 24.3 Å². The minimum atomic E-state index is -0.570. The molecule has 1 unspecified atom stereocenters. The molecule has 1 fully saturated rings. The minimum Gasteiger partial charge on any atom is -0.352 e. The van der Waals surface area contributed by atoms with E-state index in [9.17, 15) is 9.59 Å². The third kappa shape index (κ3) is 6.98. The molecule has 0 radical (unpaired) electrons. The van der Waals surface area contributed by atoms with Gasteiger partial charge in [0.1, 0.15) is 6.04 Å². The van der Waals surface area contributed by atoms with Crippen LogP contribution in [-0.2, 0) is 22.6 Å². The fraction of sp³-hybridized carbons (Fsp3) is 0.440. The van der Waals surface area contributed by atoms with Crippen LogP contribution in [0.25, 0.3) is 0 Å². The van der Waals surface area contributed by atoms with Gasteiger partial charge in [-0.2, -0.15) is 0 Å². The Labute approximate surface area is 194 Å². The zero-order valence-electron chi connectivity index (χ0n) is 17.9. The normalized spacial score (nSPS) is 15.3. The Morgan fingerprint density at radius 3 is 2.52 bits per heavy atom. The average Bonchev–Trinajstić information content (AvgIpc) is 2.77. The zero-order valence-corrected chi connectivity index (χ0v) is 19.5. The fourth-order valence-electron chi connectivity index (χ4n) is 4.07. The summed E-state index contributed by atoms with van der Waals surface area (Å²) in [6, 6.07) is 14.6. The molecule has 1 saturated carbocycles. The van der Waals surface area contributed by atoms with E-state index in [1.54, 1.807) is 17.9 Å². The van der Waals surface area contributed by atoms with Gasteiger partial charge in [-0.05, 0) is 55.5 Å². The predicted molar refractivity (Wildman–Crippen MR) is 126 cm³/mol. The van der Waals surface area contributed by atoms with Crippen LogP contribution in [0.3, 0.4) is 0 Å². The second-order valence-corrected chi connectivity index (χ2v) is 9.11. The van der Waals surface area contributed by atoms with Crippen molar-refractivity contribution in [3.63, 3.8) is 0 Å². The van der Waals surface area contributed by atoms with Crippen molar-refractivity contribution in [1.29, 1.82) is 0 Å². The number of carbonyl (C=O) groups excluding carboxylic acids is 2. The maximum absolute atomic E-state index is 13.2. The lowest BCUT2D eigenvalue weighted by Gasteiger charge is -2.31. The lowest BCUT2D eigenvalue weighted by Crippen LogP contribution is -2.50. The quantitative estimate of drug-likeness (QED) is 0.541. The van der Waals surface area contributed by atoms with Crippen LogP contribution in [0.5, 0.6) is 0 Å². The molecule has 0 bridgehead atoms. The van der Waals surface area contributed by atoms with Gasteiger partial charge in [0, 0.05) is 29.1 Å². The number of nitrogens with zero attached hydrogens (tertiary/aromatic N) is 1. The fourth-order valence-corrected chi connectivity index (χ4v) is 4.51. The first-order valence-electron chi connectivity index (χ1n) is 11.0. The Bertz CT molecular complexity index is 897. The second-order valence-electron chi connectivity index (χ2n) is 8.26. The largest absolute Gasteiger partial charge is 0.352 e. The molecule has 0 aromatic heterocycles. The molecule has 0 spiro atoms. The molecule has 31 heavy (non-hydrogen) atoms. The molecule has 2 aromatic rings. The first-order valence-corrected chi connectivity index (χ1v) is 11.8. The van der Waals surface area contributed by atoms with Crippen molar-refractivity contribution in [1.82, 2.24) is 10.2 Å².